The highest BCUT2D eigenvalue weighted by molar-refractivity contribution is 5.20. The first-order valence-electron chi connectivity index (χ1n) is 4.53. The van der Waals surface area contributed by atoms with Crippen molar-refractivity contribution in [2.75, 3.05) is 13.7 Å². The molecule has 4 heteroatoms. The lowest BCUT2D eigenvalue weighted by Crippen LogP contribution is -2.37. The number of aliphatic hydroxyl groups excluding tert-OH is 1. The largest absolute Gasteiger partial charge is 0.396 e. The number of halogens is 1. The van der Waals surface area contributed by atoms with Crippen LogP contribution in [0.15, 0.2) is 18.5 Å². The van der Waals surface area contributed by atoms with E-state index in [4.69, 9.17) is 5.11 Å². The predicted molar refractivity (Wildman–Crippen MR) is 52.3 cm³/mol. The fourth-order valence-electron chi connectivity index (χ4n) is 1.35. The highest BCUT2D eigenvalue weighted by atomic mass is 19.1. The lowest BCUT2D eigenvalue weighted by Gasteiger charge is -2.28. The first-order valence-corrected chi connectivity index (χ1v) is 4.53. The summed E-state index contributed by atoms with van der Waals surface area (Å²) in [5, 5.41) is 12.0. The zero-order valence-corrected chi connectivity index (χ0v) is 8.42. The summed E-state index contributed by atoms with van der Waals surface area (Å²) in [6, 6.07) is 1.43. The lowest BCUT2D eigenvalue weighted by molar-refractivity contribution is 0.227. The second-order valence-corrected chi connectivity index (χ2v) is 3.45. The second-order valence-electron chi connectivity index (χ2n) is 3.45. The summed E-state index contributed by atoms with van der Waals surface area (Å²) >= 11 is 0. The minimum absolute atomic E-state index is 0.0495. The molecule has 2 N–H and O–H groups in total. The number of hydrogen-bond donors (Lipinski definition) is 2. The summed E-state index contributed by atoms with van der Waals surface area (Å²) in [6.07, 6.45) is 3.29. The van der Waals surface area contributed by atoms with Gasteiger partial charge < -0.3 is 10.4 Å². The number of pyridine rings is 1. The highest BCUT2D eigenvalue weighted by Crippen LogP contribution is 2.23. The molecule has 0 aliphatic carbocycles. The van der Waals surface area contributed by atoms with Crippen molar-refractivity contribution in [2.24, 2.45) is 0 Å². The van der Waals surface area contributed by atoms with Crippen LogP contribution in [0.2, 0.25) is 0 Å². The Bertz CT molecular complexity index is 306. The van der Waals surface area contributed by atoms with Crippen LogP contribution >= 0.6 is 0 Å². The average Bonchev–Trinajstić information content (AvgIpc) is 2.18. The molecule has 1 atom stereocenters. The van der Waals surface area contributed by atoms with E-state index >= 15 is 0 Å². The Morgan fingerprint density at radius 1 is 1.57 bits per heavy atom. The molecule has 1 unspecified atom stereocenters. The molecule has 0 saturated heterocycles. The smallest absolute Gasteiger partial charge is 0.141 e. The van der Waals surface area contributed by atoms with Crippen molar-refractivity contribution in [3.8, 4) is 0 Å². The van der Waals surface area contributed by atoms with Gasteiger partial charge in [0.1, 0.15) is 5.82 Å². The summed E-state index contributed by atoms with van der Waals surface area (Å²) in [5.41, 5.74) is 0.318. The Labute approximate surface area is 83.0 Å². The van der Waals surface area contributed by atoms with Crippen LogP contribution in [0.25, 0.3) is 0 Å². The van der Waals surface area contributed by atoms with Crippen LogP contribution < -0.4 is 5.32 Å². The van der Waals surface area contributed by atoms with Crippen molar-refractivity contribution in [1.29, 1.82) is 0 Å². The Balaban J connectivity index is 2.99. The lowest BCUT2D eigenvalue weighted by atomic mass is 9.90. The third-order valence-corrected chi connectivity index (χ3v) is 2.51. The maximum absolute atomic E-state index is 12.9. The van der Waals surface area contributed by atoms with Crippen molar-refractivity contribution < 1.29 is 9.50 Å². The van der Waals surface area contributed by atoms with Gasteiger partial charge in [-0.2, -0.15) is 0 Å². The fourth-order valence-corrected chi connectivity index (χ4v) is 1.35. The van der Waals surface area contributed by atoms with Crippen LogP contribution in [0.3, 0.4) is 0 Å². The normalized spacial score (nSPS) is 15.1. The Morgan fingerprint density at radius 2 is 2.29 bits per heavy atom. The molecule has 1 aromatic rings. The standard InChI is InChI=1S/C10H15FN2O/c1-10(12-2,3-4-14)8-5-9(11)7-13-6-8/h5-7,12,14H,3-4H2,1-2H3. The molecule has 0 aliphatic rings. The molecule has 3 nitrogen and oxygen atoms in total. The van der Waals surface area contributed by atoms with Gasteiger partial charge in [0.15, 0.2) is 0 Å². The molecule has 0 fully saturated rings. The Hall–Kier alpha value is -1.00. The van der Waals surface area contributed by atoms with Crippen molar-refractivity contribution in [3.05, 3.63) is 29.8 Å². The van der Waals surface area contributed by atoms with Gasteiger partial charge >= 0.3 is 0 Å². The molecule has 0 spiro atoms. The van der Waals surface area contributed by atoms with Gasteiger partial charge in [-0.15, -0.1) is 0 Å². The molecule has 1 heterocycles. The van der Waals surface area contributed by atoms with Crippen LogP contribution in [-0.2, 0) is 5.54 Å². The molecular formula is C10H15FN2O. The average molecular weight is 198 g/mol. The third-order valence-electron chi connectivity index (χ3n) is 2.51. The van der Waals surface area contributed by atoms with Gasteiger partial charge in [-0.1, -0.05) is 0 Å². The van der Waals surface area contributed by atoms with Crippen LogP contribution in [0.4, 0.5) is 4.39 Å². The zero-order chi connectivity index (χ0) is 10.6. The van der Waals surface area contributed by atoms with Crippen molar-refractivity contribution >= 4 is 0 Å². The van der Waals surface area contributed by atoms with E-state index in [1.165, 1.54) is 12.3 Å². The fraction of sp³-hybridized carbons (Fsp3) is 0.500. The minimum Gasteiger partial charge on any atom is -0.396 e. The summed E-state index contributed by atoms with van der Waals surface area (Å²) in [6.45, 7) is 1.95. The molecule has 0 saturated carbocycles. The summed E-state index contributed by atoms with van der Waals surface area (Å²) in [4.78, 5) is 3.78. The SMILES string of the molecule is CNC(C)(CCO)c1cncc(F)c1. The number of nitrogens with one attached hydrogen (secondary N) is 1. The van der Waals surface area contributed by atoms with E-state index in [1.807, 2.05) is 6.92 Å². The molecule has 0 aliphatic heterocycles. The first kappa shape index (κ1) is 11.1. The first-order chi connectivity index (χ1) is 6.62. The summed E-state index contributed by atoms with van der Waals surface area (Å²) < 4.78 is 12.9. The molecule has 0 aromatic carbocycles. The van der Waals surface area contributed by atoms with E-state index in [0.29, 0.717) is 6.42 Å². The highest BCUT2D eigenvalue weighted by Gasteiger charge is 2.24. The minimum atomic E-state index is -0.427. The maximum Gasteiger partial charge on any atom is 0.141 e. The third kappa shape index (κ3) is 2.27. The van der Waals surface area contributed by atoms with Gasteiger partial charge in [0.05, 0.1) is 6.20 Å². The molecule has 0 bridgehead atoms. The van der Waals surface area contributed by atoms with Gasteiger partial charge in [-0.25, -0.2) is 4.39 Å². The Kier molecular flexibility index (Phi) is 3.55. The number of aliphatic hydroxyl groups is 1. The zero-order valence-electron chi connectivity index (χ0n) is 8.42. The quantitative estimate of drug-likeness (QED) is 0.759. The van der Waals surface area contributed by atoms with Crippen LogP contribution in [0, 0.1) is 5.82 Å². The van der Waals surface area contributed by atoms with Crippen molar-refractivity contribution in [1.82, 2.24) is 10.3 Å². The van der Waals surface area contributed by atoms with E-state index in [1.54, 1.807) is 13.2 Å². The van der Waals surface area contributed by atoms with Crippen LogP contribution in [0.5, 0.6) is 0 Å². The molecule has 1 rings (SSSR count). The molecule has 78 valence electrons. The monoisotopic (exact) mass is 198 g/mol. The van der Waals surface area contributed by atoms with Crippen LogP contribution in [-0.4, -0.2) is 23.7 Å². The second kappa shape index (κ2) is 4.48. The van der Waals surface area contributed by atoms with Crippen molar-refractivity contribution in [2.45, 2.75) is 18.9 Å². The maximum atomic E-state index is 12.9. The molecule has 1 aromatic heterocycles. The number of aromatic nitrogens is 1. The topological polar surface area (TPSA) is 45.1 Å². The molecule has 14 heavy (non-hydrogen) atoms. The Morgan fingerprint density at radius 3 is 2.79 bits per heavy atom. The summed E-state index contributed by atoms with van der Waals surface area (Å²) in [5.74, 6) is -0.359. The number of rotatable bonds is 4. The van der Waals surface area contributed by atoms with Crippen molar-refractivity contribution in [3.63, 3.8) is 0 Å². The summed E-state index contributed by atoms with van der Waals surface area (Å²) in [7, 11) is 1.78. The van der Waals surface area contributed by atoms with Gasteiger partial charge in [0, 0.05) is 18.3 Å². The van der Waals surface area contributed by atoms with E-state index < -0.39 is 5.54 Å². The van der Waals surface area contributed by atoms with E-state index in [0.717, 1.165) is 5.56 Å². The van der Waals surface area contributed by atoms with Gasteiger partial charge in [0.25, 0.3) is 0 Å². The van der Waals surface area contributed by atoms with E-state index in [2.05, 4.69) is 10.3 Å². The van der Waals surface area contributed by atoms with Crippen LogP contribution in [0.1, 0.15) is 18.9 Å². The van der Waals surface area contributed by atoms with E-state index in [-0.39, 0.29) is 12.4 Å². The number of hydrogen-bond acceptors (Lipinski definition) is 3. The van der Waals surface area contributed by atoms with E-state index in [9.17, 15) is 4.39 Å². The molecular weight excluding hydrogens is 183 g/mol. The van der Waals surface area contributed by atoms with Gasteiger partial charge in [0.2, 0.25) is 0 Å². The predicted octanol–water partition coefficient (Wildman–Crippen LogP) is 1.04. The van der Waals surface area contributed by atoms with Gasteiger partial charge in [-0.3, -0.25) is 4.98 Å². The number of nitrogens with zero attached hydrogens (tertiary/aromatic N) is 1. The molecule has 0 amide bonds. The molecule has 0 radical (unpaired) electrons. The van der Waals surface area contributed by atoms with Gasteiger partial charge in [-0.05, 0) is 32.0 Å².